The first-order valence-corrected chi connectivity index (χ1v) is 15.9. The molecular formula is C35H26BrN3O5S. The van der Waals surface area contributed by atoms with Crippen LogP contribution in [0.1, 0.15) is 40.3 Å². The Hall–Kier alpha value is -4.80. The van der Waals surface area contributed by atoms with E-state index in [9.17, 15) is 14.9 Å². The Morgan fingerprint density at radius 3 is 2.64 bits per heavy atom. The van der Waals surface area contributed by atoms with Crippen LogP contribution < -0.4 is 24.4 Å². The highest BCUT2D eigenvalue weighted by Gasteiger charge is 2.32. The van der Waals surface area contributed by atoms with Crippen molar-refractivity contribution in [2.45, 2.75) is 25.5 Å². The SMILES string of the molecule is COc1cccc([C@H]2C3=C(N=c4s/c(=C/c5ccc(OCc6ccc([N+](=O)[O-])cc6)c(Br)c5)c(=O)n42)c2ccccc2CC3)c1. The number of nitro groups is 1. The van der Waals surface area contributed by atoms with E-state index in [1.807, 2.05) is 59.2 Å². The lowest BCUT2D eigenvalue weighted by atomic mass is 9.83. The quantitative estimate of drug-likeness (QED) is 0.143. The zero-order valence-electron chi connectivity index (χ0n) is 24.1. The predicted molar refractivity (Wildman–Crippen MR) is 177 cm³/mol. The van der Waals surface area contributed by atoms with E-state index in [4.69, 9.17) is 14.5 Å². The van der Waals surface area contributed by atoms with Crippen molar-refractivity contribution >= 4 is 44.7 Å². The molecule has 224 valence electrons. The molecule has 0 unspecified atom stereocenters. The van der Waals surface area contributed by atoms with E-state index in [0.717, 1.165) is 56.6 Å². The molecular weight excluding hydrogens is 654 g/mol. The normalized spacial score (nSPS) is 15.5. The molecule has 0 N–H and O–H groups in total. The molecule has 10 heteroatoms. The Balaban J connectivity index is 1.26. The monoisotopic (exact) mass is 679 g/mol. The lowest BCUT2D eigenvalue weighted by Gasteiger charge is -2.31. The molecule has 0 fully saturated rings. The maximum atomic E-state index is 14.1. The fraction of sp³-hybridized carbons (Fsp3) is 0.143. The standard InChI is InChI=1S/C35H26BrN3O5S/c1-43-26-7-4-6-24(19-26)33-28-15-12-23-5-2-3-8-27(23)32(28)37-35-38(33)34(40)31(45-35)18-22-11-16-30(29(36)17-22)44-20-21-9-13-25(14-10-21)39(41)42/h2-11,13-14,16-19,33H,12,15,20H2,1H3/b31-18+/t33-/m0/s1. The zero-order valence-corrected chi connectivity index (χ0v) is 26.5. The minimum absolute atomic E-state index is 0.0364. The van der Waals surface area contributed by atoms with E-state index in [-0.39, 0.29) is 23.9 Å². The van der Waals surface area contributed by atoms with Gasteiger partial charge in [0.05, 0.1) is 32.8 Å². The van der Waals surface area contributed by atoms with Gasteiger partial charge in [-0.2, -0.15) is 0 Å². The number of allylic oxidation sites excluding steroid dienone is 1. The second kappa shape index (κ2) is 11.9. The number of hydrogen-bond donors (Lipinski definition) is 0. The van der Waals surface area contributed by atoms with Crippen LogP contribution >= 0.6 is 27.3 Å². The number of fused-ring (bicyclic) bond motifs is 3. The predicted octanol–water partition coefficient (Wildman–Crippen LogP) is 6.58. The molecule has 2 heterocycles. The van der Waals surface area contributed by atoms with Gasteiger partial charge in [-0.3, -0.25) is 19.5 Å². The minimum Gasteiger partial charge on any atom is -0.497 e. The third kappa shape index (κ3) is 5.51. The van der Waals surface area contributed by atoms with Crippen LogP contribution in [0.2, 0.25) is 0 Å². The Labute approximate surface area is 270 Å². The fourth-order valence-corrected chi connectivity index (χ4v) is 7.40. The first-order valence-electron chi connectivity index (χ1n) is 14.3. The van der Waals surface area contributed by atoms with Crippen LogP contribution in [0.3, 0.4) is 0 Å². The van der Waals surface area contributed by atoms with Gasteiger partial charge in [0.1, 0.15) is 18.1 Å². The third-order valence-electron chi connectivity index (χ3n) is 8.08. The second-order valence-corrected chi connectivity index (χ2v) is 12.7. The van der Waals surface area contributed by atoms with E-state index in [1.54, 1.807) is 19.2 Å². The summed E-state index contributed by atoms with van der Waals surface area (Å²) in [5.74, 6) is 1.36. The number of benzene rings is 4. The average Bonchev–Trinajstić information content (AvgIpc) is 3.37. The lowest BCUT2D eigenvalue weighted by Crippen LogP contribution is -2.38. The van der Waals surface area contributed by atoms with Gasteiger partial charge in [-0.15, -0.1) is 0 Å². The summed E-state index contributed by atoms with van der Waals surface area (Å²) in [4.78, 5) is 30.4. The number of halogens is 1. The summed E-state index contributed by atoms with van der Waals surface area (Å²) in [7, 11) is 1.65. The Morgan fingerprint density at radius 1 is 1.04 bits per heavy atom. The van der Waals surface area contributed by atoms with Crippen molar-refractivity contribution in [3.63, 3.8) is 0 Å². The first kappa shape index (κ1) is 28.9. The molecule has 4 aromatic carbocycles. The number of nitrogens with zero attached hydrogens (tertiary/aromatic N) is 3. The molecule has 0 saturated carbocycles. The molecule has 0 radical (unpaired) electrons. The van der Waals surface area contributed by atoms with Crippen LogP contribution in [0.4, 0.5) is 5.69 Å². The molecule has 1 atom stereocenters. The zero-order chi connectivity index (χ0) is 31.1. The van der Waals surface area contributed by atoms with E-state index < -0.39 is 4.92 Å². The molecule has 0 amide bonds. The maximum absolute atomic E-state index is 14.1. The highest BCUT2D eigenvalue weighted by atomic mass is 79.9. The molecule has 45 heavy (non-hydrogen) atoms. The number of ether oxygens (including phenoxy) is 2. The number of aromatic nitrogens is 1. The van der Waals surface area contributed by atoms with Crippen molar-refractivity contribution in [3.8, 4) is 11.5 Å². The summed E-state index contributed by atoms with van der Waals surface area (Å²) in [6.45, 7) is 0.257. The van der Waals surface area contributed by atoms with Crippen molar-refractivity contribution in [2.75, 3.05) is 7.11 Å². The molecule has 1 aliphatic heterocycles. The minimum atomic E-state index is -0.427. The Morgan fingerprint density at radius 2 is 1.87 bits per heavy atom. The molecule has 0 bridgehead atoms. The van der Waals surface area contributed by atoms with Gasteiger partial charge >= 0.3 is 0 Å². The number of methoxy groups -OCH3 is 1. The van der Waals surface area contributed by atoms with Crippen molar-refractivity contribution in [1.82, 2.24) is 4.57 Å². The van der Waals surface area contributed by atoms with Gasteiger partial charge in [-0.1, -0.05) is 53.8 Å². The number of hydrogen-bond acceptors (Lipinski definition) is 7. The molecule has 7 rings (SSSR count). The van der Waals surface area contributed by atoms with Crippen LogP contribution in [0, 0.1) is 10.1 Å². The summed E-state index contributed by atoms with van der Waals surface area (Å²) < 4.78 is 14.6. The van der Waals surface area contributed by atoms with Gasteiger partial charge in [-0.25, -0.2) is 4.99 Å². The topological polar surface area (TPSA) is 96.0 Å². The van der Waals surface area contributed by atoms with Gasteiger partial charge in [-0.05, 0) is 99.1 Å². The Kier molecular flexibility index (Phi) is 7.68. The van der Waals surface area contributed by atoms with Gasteiger partial charge in [0.25, 0.3) is 11.2 Å². The summed E-state index contributed by atoms with van der Waals surface area (Å²) in [5.41, 5.74) is 7.06. The maximum Gasteiger partial charge on any atom is 0.271 e. The van der Waals surface area contributed by atoms with E-state index in [2.05, 4.69) is 34.1 Å². The van der Waals surface area contributed by atoms with Crippen LogP contribution in [-0.4, -0.2) is 16.6 Å². The van der Waals surface area contributed by atoms with E-state index >= 15 is 0 Å². The molecule has 0 saturated heterocycles. The number of rotatable bonds is 7. The summed E-state index contributed by atoms with van der Waals surface area (Å²) in [6, 6.07) is 27.9. The van der Waals surface area contributed by atoms with Crippen molar-refractivity contribution in [1.29, 1.82) is 0 Å². The first-order chi connectivity index (χ1) is 21.9. The fourth-order valence-electron chi connectivity index (χ4n) is 5.88. The van der Waals surface area contributed by atoms with E-state index in [1.165, 1.54) is 29.0 Å². The molecule has 1 aromatic heterocycles. The highest BCUT2D eigenvalue weighted by Crippen LogP contribution is 2.41. The number of non-ortho nitro benzene ring substituents is 1. The molecule has 5 aromatic rings. The number of aryl methyl sites for hydroxylation is 1. The van der Waals surface area contributed by atoms with E-state index in [0.29, 0.717) is 15.1 Å². The van der Waals surface area contributed by atoms with Crippen LogP contribution in [-0.2, 0) is 13.0 Å². The van der Waals surface area contributed by atoms with Crippen LogP contribution in [0.15, 0.2) is 111 Å². The van der Waals surface area contributed by atoms with Gasteiger partial charge in [0.15, 0.2) is 4.80 Å². The molecule has 1 aliphatic carbocycles. The van der Waals surface area contributed by atoms with Crippen LogP contribution in [0.5, 0.6) is 11.5 Å². The number of nitro benzene ring substituents is 1. The van der Waals surface area contributed by atoms with Crippen molar-refractivity contribution in [3.05, 3.63) is 159 Å². The van der Waals surface area contributed by atoms with Gasteiger partial charge in [0.2, 0.25) is 0 Å². The molecule has 0 spiro atoms. The smallest absolute Gasteiger partial charge is 0.271 e. The van der Waals surface area contributed by atoms with Gasteiger partial charge < -0.3 is 9.47 Å². The summed E-state index contributed by atoms with van der Waals surface area (Å²) in [6.07, 6.45) is 3.59. The third-order valence-corrected chi connectivity index (χ3v) is 9.68. The largest absolute Gasteiger partial charge is 0.497 e. The number of thiazole rings is 1. The summed E-state index contributed by atoms with van der Waals surface area (Å²) >= 11 is 4.98. The molecule has 8 nitrogen and oxygen atoms in total. The molecule has 2 aliphatic rings. The highest BCUT2D eigenvalue weighted by molar-refractivity contribution is 9.10. The summed E-state index contributed by atoms with van der Waals surface area (Å²) in [5, 5.41) is 10.9. The second-order valence-electron chi connectivity index (χ2n) is 10.8. The van der Waals surface area contributed by atoms with Crippen molar-refractivity contribution in [2.24, 2.45) is 4.99 Å². The lowest BCUT2D eigenvalue weighted by molar-refractivity contribution is -0.384. The van der Waals surface area contributed by atoms with Crippen molar-refractivity contribution < 1.29 is 14.4 Å². The van der Waals surface area contributed by atoms with Gasteiger partial charge in [0, 0.05) is 17.7 Å². The average molecular weight is 681 g/mol. The van der Waals surface area contributed by atoms with Crippen LogP contribution in [0.25, 0.3) is 11.8 Å². The Bertz CT molecular complexity index is 2190.